The van der Waals surface area contributed by atoms with Crippen LogP contribution in [0.15, 0.2) is 63.9 Å². The van der Waals surface area contributed by atoms with Crippen LogP contribution in [0.5, 0.6) is 0 Å². The third-order valence-corrected chi connectivity index (χ3v) is 14.7. The van der Waals surface area contributed by atoms with Gasteiger partial charge in [-0.1, -0.05) is 77.5 Å². The molecule has 8 N–H and O–H groups in total. The highest BCUT2D eigenvalue weighted by Crippen LogP contribution is 2.59. The van der Waals surface area contributed by atoms with Gasteiger partial charge in [0.15, 0.2) is 17.8 Å². The molecule has 1 aromatic heterocycles. The molecule has 16 atom stereocenters. The van der Waals surface area contributed by atoms with Crippen LogP contribution in [0, 0.1) is 34.5 Å². The van der Waals surface area contributed by atoms with Gasteiger partial charge in [-0.05, 0) is 71.9 Å². The molecule has 2 aliphatic rings. The van der Waals surface area contributed by atoms with Crippen LogP contribution < -0.4 is 5.32 Å². The maximum atomic E-state index is 12.8. The van der Waals surface area contributed by atoms with Crippen molar-refractivity contribution < 1.29 is 72.6 Å². The van der Waals surface area contributed by atoms with Crippen molar-refractivity contribution in [3.05, 3.63) is 71.0 Å². The second-order valence-corrected chi connectivity index (χ2v) is 21.6. The number of ether oxygens (including phenoxy) is 4. The van der Waals surface area contributed by atoms with Crippen LogP contribution in [0.1, 0.15) is 112 Å². The van der Waals surface area contributed by atoms with Crippen LogP contribution >= 0.6 is 7.82 Å². The fourth-order valence-electron chi connectivity index (χ4n) is 9.34. The normalized spacial score (nSPS) is 27.8. The highest BCUT2D eigenvalue weighted by atomic mass is 31.2. The number of methoxy groups -OCH3 is 2. The van der Waals surface area contributed by atoms with E-state index in [9.17, 15) is 44.7 Å². The molecular weight excluding hydrogens is 940 g/mol. The van der Waals surface area contributed by atoms with Crippen molar-refractivity contribution >= 4 is 19.8 Å². The number of hydrogen-bond acceptors (Lipinski definition) is 16. The summed E-state index contributed by atoms with van der Waals surface area (Å²) in [6.45, 7) is 18.2. The molecular formula is C51H83N4O15P. The van der Waals surface area contributed by atoms with Gasteiger partial charge in [-0.2, -0.15) is 5.26 Å². The molecule has 3 rings (SSSR count). The average Bonchev–Trinajstić information content (AvgIpc) is 3.84. The zero-order valence-corrected chi connectivity index (χ0v) is 44.9. The maximum Gasteiger partial charge on any atom is 0.469 e. The van der Waals surface area contributed by atoms with E-state index in [4.69, 9.17) is 33.2 Å². The van der Waals surface area contributed by atoms with E-state index >= 15 is 0 Å². The van der Waals surface area contributed by atoms with E-state index in [1.165, 1.54) is 26.6 Å². The monoisotopic (exact) mass is 1020 g/mol. The number of aliphatic hydroxyl groups excluding tert-OH is 5. The quantitative estimate of drug-likeness (QED) is 0.0341. The largest absolute Gasteiger partial charge is 0.469 e. The number of aliphatic hydroxyl groups is 5. The third-order valence-electron chi connectivity index (χ3n) is 14.2. The Hall–Kier alpha value is -3.42. The van der Waals surface area contributed by atoms with Gasteiger partial charge >= 0.3 is 7.82 Å². The number of phosphoric ester groups is 1. The van der Waals surface area contributed by atoms with Gasteiger partial charge in [0.1, 0.15) is 30.3 Å². The molecule has 0 bridgehead atoms. The predicted octanol–water partition coefficient (Wildman–Crippen LogP) is 5.08. The van der Waals surface area contributed by atoms with Gasteiger partial charge in [0.2, 0.25) is 0 Å². The topological polar surface area (TPSA) is 287 Å². The van der Waals surface area contributed by atoms with Crippen LogP contribution in [0.2, 0.25) is 0 Å². The van der Waals surface area contributed by atoms with E-state index in [1.54, 1.807) is 52.8 Å². The van der Waals surface area contributed by atoms with E-state index in [2.05, 4.69) is 10.3 Å². The molecule has 1 aromatic rings. The molecule has 0 unspecified atom stereocenters. The smallest absolute Gasteiger partial charge is 0.448 e. The number of aromatic nitrogens is 1. The Bertz CT molecular complexity index is 2110. The van der Waals surface area contributed by atoms with E-state index < -0.39 is 104 Å². The number of allylic oxidation sites excluding steroid dienone is 7. The molecule has 1 spiro atoms. The molecule has 1 amide bonds. The van der Waals surface area contributed by atoms with Crippen molar-refractivity contribution in [2.24, 2.45) is 23.2 Å². The zero-order chi connectivity index (χ0) is 53.8. The number of rotatable bonds is 26. The van der Waals surface area contributed by atoms with Crippen molar-refractivity contribution in [1.82, 2.24) is 15.2 Å². The number of phosphoric acid groups is 1. The summed E-state index contributed by atoms with van der Waals surface area (Å²) in [7, 11) is 1.13. The average molecular weight is 1020 g/mol. The minimum atomic E-state index is -5.16. The number of likely N-dealkylation sites (N-methyl/N-ethyl adjacent to an activating group) is 1. The Morgan fingerprint density at radius 3 is 2.31 bits per heavy atom. The minimum absolute atomic E-state index is 0.0661. The van der Waals surface area contributed by atoms with Crippen molar-refractivity contribution in [2.45, 2.75) is 174 Å². The molecule has 402 valence electrons. The standard InChI is InChI=1S/C51H83N4O15P/c1-29(21-22-52)17-15-18-30(2)31(3)23-32(4)43(58)36(8)39(56)25-42(66-14)46-47(70-71(62,63)64)50(9,10)51(69-46)26-40(57)35(7)41(68-51)20-16-19-37-27-67-49(54-37)33(5)24-34(6)53-48(61)45(60)44(59)38(28-65-13)55(11)12/h15-19,21,23,27,32-36,38-47,56-60H,20,24-26,28H2,1-14H3,(H,53,61)(H2,62,63,64)/b17-15+,19-16+,29-21+,30-18-,31-23+/t32-,33+,34-,35+,36+,38+,39+,40-,41+,42+,43-,44+,45+,46-,47+,51-/m1/s1. The first-order valence-electron chi connectivity index (χ1n) is 24.2. The number of carbonyl (C=O) groups is 1. The van der Waals surface area contributed by atoms with Crippen LogP contribution in [-0.2, 0) is 32.8 Å². The van der Waals surface area contributed by atoms with E-state index in [0.717, 1.165) is 16.7 Å². The second-order valence-electron chi connectivity index (χ2n) is 20.4. The van der Waals surface area contributed by atoms with Crippen molar-refractivity contribution in [3.63, 3.8) is 0 Å². The molecule has 0 aliphatic carbocycles. The second kappa shape index (κ2) is 27.2. The molecule has 2 fully saturated rings. The predicted molar refractivity (Wildman–Crippen MR) is 267 cm³/mol. The minimum Gasteiger partial charge on any atom is -0.448 e. The molecule has 19 nitrogen and oxygen atoms in total. The number of oxazole rings is 1. The van der Waals surface area contributed by atoms with Crippen molar-refractivity contribution in [2.75, 3.05) is 34.9 Å². The van der Waals surface area contributed by atoms with Gasteiger partial charge in [0, 0.05) is 68.3 Å². The summed E-state index contributed by atoms with van der Waals surface area (Å²) in [5.41, 5.74) is 1.87. The molecule has 2 aliphatic heterocycles. The summed E-state index contributed by atoms with van der Waals surface area (Å²) in [4.78, 5) is 39.5. The van der Waals surface area contributed by atoms with Gasteiger partial charge in [-0.3, -0.25) is 9.32 Å². The highest BCUT2D eigenvalue weighted by Gasteiger charge is 2.68. The molecule has 0 saturated carbocycles. The fraction of sp³-hybridized carbons (Fsp3) is 0.706. The van der Waals surface area contributed by atoms with E-state index in [-0.39, 0.29) is 37.7 Å². The lowest BCUT2D eigenvalue weighted by Crippen LogP contribution is -2.58. The fourth-order valence-corrected chi connectivity index (χ4v) is 10.0. The van der Waals surface area contributed by atoms with Crippen LogP contribution in [-0.4, -0.2) is 159 Å². The van der Waals surface area contributed by atoms with Gasteiger partial charge in [0.05, 0.1) is 49.2 Å². The van der Waals surface area contributed by atoms with Crippen LogP contribution in [0.25, 0.3) is 6.08 Å². The van der Waals surface area contributed by atoms with E-state index in [1.807, 2.05) is 78.0 Å². The number of hydrogen-bond donors (Lipinski definition) is 8. The van der Waals surface area contributed by atoms with Gasteiger partial charge in [-0.25, -0.2) is 9.55 Å². The first-order chi connectivity index (χ1) is 33.0. The highest BCUT2D eigenvalue weighted by molar-refractivity contribution is 7.46. The van der Waals surface area contributed by atoms with Gasteiger partial charge < -0.3 is 68.9 Å². The molecule has 2 saturated heterocycles. The van der Waals surface area contributed by atoms with Gasteiger partial charge in [0.25, 0.3) is 5.91 Å². The summed E-state index contributed by atoms with van der Waals surface area (Å²) in [5, 5.41) is 67.4. The number of nitrogens with zero attached hydrogens (tertiary/aromatic N) is 3. The number of amides is 1. The summed E-state index contributed by atoms with van der Waals surface area (Å²) in [6, 6.07) is 0.980. The summed E-state index contributed by atoms with van der Waals surface area (Å²) in [5.74, 6) is -3.67. The van der Waals surface area contributed by atoms with Crippen molar-refractivity contribution in [3.8, 4) is 6.07 Å². The van der Waals surface area contributed by atoms with E-state index in [0.29, 0.717) is 18.0 Å². The Labute approximate surface area is 420 Å². The first kappa shape index (κ1) is 61.9. The summed E-state index contributed by atoms with van der Waals surface area (Å²) < 4.78 is 48.3. The summed E-state index contributed by atoms with van der Waals surface area (Å²) >= 11 is 0. The van der Waals surface area contributed by atoms with Crippen LogP contribution in [0.4, 0.5) is 0 Å². The Morgan fingerprint density at radius 1 is 1.06 bits per heavy atom. The maximum absolute atomic E-state index is 12.8. The number of carbonyl (C=O) groups excluding carboxylic acids is 1. The molecule has 3 heterocycles. The lowest BCUT2D eigenvalue weighted by Gasteiger charge is -2.50. The lowest BCUT2D eigenvalue weighted by molar-refractivity contribution is -0.334. The Morgan fingerprint density at radius 2 is 1.72 bits per heavy atom. The van der Waals surface area contributed by atoms with Crippen molar-refractivity contribution in [1.29, 1.82) is 5.26 Å². The molecule has 71 heavy (non-hydrogen) atoms. The van der Waals surface area contributed by atoms with Crippen LogP contribution in [0.3, 0.4) is 0 Å². The first-order valence-corrected chi connectivity index (χ1v) is 25.8. The Balaban J connectivity index is 1.76. The lowest BCUT2D eigenvalue weighted by atomic mass is 9.72. The molecule has 20 heteroatoms. The third kappa shape index (κ3) is 16.8. The number of nitriles is 1. The molecule has 0 radical (unpaired) electrons. The SMILES string of the molecule is COC[C@@H]([C@H](O)[C@H](O)C(=O)N[C@H](C)C[C@H](C)c1nc(/C=C/C[C@@H]2O[C@]3(C[C@@H](O)[C@@H]2C)O[C@H]([C@H](C[C@H](O)[C@H](C)[C@H](O)[C@H](C)/C=C(C)/C(C)=C\C=C\C(C)=C\C#N)OC)[C@H](OP(=O)(O)O)C3(C)C)co1)N(C)C. The Kier molecular flexibility index (Phi) is 23.7. The summed E-state index contributed by atoms with van der Waals surface area (Å²) in [6.07, 6.45) is 4.05. The van der Waals surface area contributed by atoms with Gasteiger partial charge in [-0.15, -0.1) is 0 Å². The zero-order valence-electron chi connectivity index (χ0n) is 44.0. The number of nitrogens with one attached hydrogen (secondary N) is 1. The molecule has 0 aromatic carbocycles.